The topological polar surface area (TPSA) is 109 Å². The molecule has 0 bridgehead atoms. The summed E-state index contributed by atoms with van der Waals surface area (Å²) < 4.78 is 1.34. The lowest BCUT2D eigenvalue weighted by Gasteiger charge is -2.29. The van der Waals surface area contributed by atoms with Gasteiger partial charge in [-0.2, -0.15) is 14.8 Å². The molecule has 1 aliphatic carbocycles. The SMILES string of the molecule is Cc1cc(NC(=O)C(=O)N2CCC(C)CC2)n(C2=NC(=O)C3CCCCC3=N2)n1. The lowest BCUT2D eigenvalue weighted by atomic mass is 9.86. The van der Waals surface area contributed by atoms with E-state index in [1.807, 2.05) is 0 Å². The number of fused-ring (bicyclic) bond motifs is 1. The molecule has 0 aromatic carbocycles. The second-order valence-corrected chi connectivity index (χ2v) is 8.16. The number of hydrogen-bond donors (Lipinski definition) is 1. The summed E-state index contributed by atoms with van der Waals surface area (Å²) in [6, 6.07) is 1.64. The van der Waals surface area contributed by atoms with Crippen LogP contribution in [0.2, 0.25) is 0 Å². The summed E-state index contributed by atoms with van der Waals surface area (Å²) in [5.74, 6) is -0.717. The average molecular weight is 398 g/mol. The number of nitrogens with one attached hydrogen (secondary N) is 1. The summed E-state index contributed by atoms with van der Waals surface area (Å²) in [7, 11) is 0. The highest BCUT2D eigenvalue weighted by molar-refractivity contribution is 6.39. The number of nitrogens with zero attached hydrogens (tertiary/aromatic N) is 5. The normalized spacial score (nSPS) is 22.6. The minimum absolute atomic E-state index is 0.144. The van der Waals surface area contributed by atoms with Crippen LogP contribution in [-0.4, -0.2) is 57.2 Å². The number of piperidine rings is 1. The molecule has 2 aliphatic heterocycles. The van der Waals surface area contributed by atoms with Gasteiger partial charge in [0.1, 0.15) is 5.82 Å². The van der Waals surface area contributed by atoms with Gasteiger partial charge in [-0.05, 0) is 44.9 Å². The molecule has 4 rings (SSSR count). The third-order valence-corrected chi connectivity index (χ3v) is 5.86. The van der Waals surface area contributed by atoms with Crippen molar-refractivity contribution in [3.8, 4) is 0 Å². The predicted molar refractivity (Wildman–Crippen MR) is 108 cm³/mol. The van der Waals surface area contributed by atoms with Crippen LogP contribution in [0.25, 0.3) is 0 Å². The van der Waals surface area contributed by atoms with Crippen LogP contribution in [0.3, 0.4) is 0 Å². The highest BCUT2D eigenvalue weighted by Gasteiger charge is 2.32. The van der Waals surface area contributed by atoms with Crippen molar-refractivity contribution in [3.63, 3.8) is 0 Å². The Labute approximate surface area is 169 Å². The molecule has 1 aromatic heterocycles. The summed E-state index contributed by atoms with van der Waals surface area (Å²) >= 11 is 0. The van der Waals surface area contributed by atoms with Crippen LogP contribution in [0.4, 0.5) is 5.82 Å². The Bertz CT molecular complexity index is 907. The van der Waals surface area contributed by atoms with Crippen molar-refractivity contribution in [2.45, 2.75) is 52.4 Å². The Balaban J connectivity index is 1.53. The number of carbonyl (C=O) groups is 3. The smallest absolute Gasteiger partial charge is 0.315 e. The fraction of sp³-hybridized carbons (Fsp3) is 0.600. The minimum atomic E-state index is -0.716. The maximum absolute atomic E-state index is 12.5. The summed E-state index contributed by atoms with van der Waals surface area (Å²) in [6.07, 6.45) is 5.34. The summed E-state index contributed by atoms with van der Waals surface area (Å²) in [4.78, 5) is 47.7. The van der Waals surface area contributed by atoms with E-state index in [1.165, 1.54) is 4.68 Å². The summed E-state index contributed by atoms with van der Waals surface area (Å²) in [5, 5.41) is 6.96. The van der Waals surface area contributed by atoms with Gasteiger partial charge in [-0.1, -0.05) is 13.3 Å². The monoisotopic (exact) mass is 398 g/mol. The van der Waals surface area contributed by atoms with Crippen LogP contribution >= 0.6 is 0 Å². The number of aromatic nitrogens is 2. The zero-order valence-corrected chi connectivity index (χ0v) is 16.8. The molecular weight excluding hydrogens is 372 g/mol. The van der Waals surface area contributed by atoms with Crippen molar-refractivity contribution in [2.75, 3.05) is 18.4 Å². The molecule has 1 saturated heterocycles. The highest BCUT2D eigenvalue weighted by atomic mass is 16.2. The summed E-state index contributed by atoms with van der Waals surface area (Å²) in [5.41, 5.74) is 1.45. The van der Waals surface area contributed by atoms with Gasteiger partial charge in [-0.3, -0.25) is 14.4 Å². The number of likely N-dealkylation sites (tertiary alicyclic amines) is 1. The number of rotatable bonds is 1. The molecule has 2 fully saturated rings. The molecule has 1 atom stereocenters. The fourth-order valence-corrected chi connectivity index (χ4v) is 4.09. The molecule has 29 heavy (non-hydrogen) atoms. The van der Waals surface area contributed by atoms with Crippen LogP contribution in [0.1, 0.15) is 51.1 Å². The molecule has 9 nitrogen and oxygen atoms in total. The molecule has 3 amide bonds. The lowest BCUT2D eigenvalue weighted by Crippen LogP contribution is -2.44. The van der Waals surface area contributed by atoms with Crippen molar-refractivity contribution in [3.05, 3.63) is 11.8 Å². The zero-order valence-electron chi connectivity index (χ0n) is 16.8. The van der Waals surface area contributed by atoms with Crippen molar-refractivity contribution >= 4 is 35.2 Å². The van der Waals surface area contributed by atoms with E-state index in [-0.39, 0.29) is 23.6 Å². The van der Waals surface area contributed by atoms with Gasteiger partial charge >= 0.3 is 11.8 Å². The third-order valence-electron chi connectivity index (χ3n) is 5.86. The first-order chi connectivity index (χ1) is 13.9. The van der Waals surface area contributed by atoms with Crippen molar-refractivity contribution in [1.29, 1.82) is 0 Å². The van der Waals surface area contributed by atoms with Gasteiger partial charge in [-0.25, -0.2) is 4.99 Å². The summed E-state index contributed by atoms with van der Waals surface area (Å²) in [6.45, 7) is 5.08. The van der Waals surface area contributed by atoms with Crippen LogP contribution in [0, 0.1) is 18.8 Å². The first kappa shape index (κ1) is 19.5. The van der Waals surface area contributed by atoms with E-state index < -0.39 is 11.8 Å². The highest BCUT2D eigenvalue weighted by Crippen LogP contribution is 2.26. The standard InChI is InChI=1S/C20H26N6O3/c1-12-7-9-25(10-8-12)19(29)18(28)22-16-11-13(2)24-26(16)20-21-15-6-4-3-5-14(15)17(27)23-20/h11-12,14H,3-10H2,1-2H3,(H,22,28). The van der Waals surface area contributed by atoms with Gasteiger partial charge < -0.3 is 10.2 Å². The average Bonchev–Trinajstić information content (AvgIpc) is 3.08. The molecule has 1 N–H and O–H groups in total. The fourth-order valence-electron chi connectivity index (χ4n) is 4.09. The van der Waals surface area contributed by atoms with Crippen LogP contribution in [0.5, 0.6) is 0 Å². The number of hydrogen-bond acceptors (Lipinski definition) is 5. The van der Waals surface area contributed by atoms with E-state index in [0.717, 1.165) is 44.2 Å². The second-order valence-electron chi connectivity index (χ2n) is 8.16. The van der Waals surface area contributed by atoms with Gasteiger partial charge in [0, 0.05) is 24.9 Å². The maximum atomic E-state index is 12.5. The van der Waals surface area contributed by atoms with E-state index in [9.17, 15) is 14.4 Å². The van der Waals surface area contributed by atoms with Crippen molar-refractivity contribution in [2.24, 2.45) is 21.8 Å². The van der Waals surface area contributed by atoms with E-state index in [4.69, 9.17) is 0 Å². The quantitative estimate of drug-likeness (QED) is 0.727. The van der Waals surface area contributed by atoms with Crippen molar-refractivity contribution < 1.29 is 14.4 Å². The van der Waals surface area contributed by atoms with Crippen molar-refractivity contribution in [1.82, 2.24) is 14.7 Å². The molecule has 3 aliphatic rings. The Hall–Kier alpha value is -2.84. The van der Waals surface area contributed by atoms with Gasteiger partial charge in [0.05, 0.1) is 11.6 Å². The Morgan fingerprint density at radius 2 is 1.90 bits per heavy atom. The van der Waals surface area contributed by atoms with Gasteiger partial charge in [0.2, 0.25) is 0 Å². The van der Waals surface area contributed by atoms with Crippen LogP contribution < -0.4 is 5.32 Å². The Morgan fingerprint density at radius 3 is 2.66 bits per heavy atom. The first-order valence-corrected chi connectivity index (χ1v) is 10.3. The number of anilines is 1. The molecule has 0 radical (unpaired) electrons. The maximum Gasteiger partial charge on any atom is 0.315 e. The van der Waals surface area contributed by atoms with Crippen LogP contribution in [0.15, 0.2) is 16.1 Å². The zero-order chi connectivity index (χ0) is 20.5. The Kier molecular flexibility index (Phi) is 5.29. The van der Waals surface area contributed by atoms with E-state index in [0.29, 0.717) is 24.7 Å². The molecule has 1 unspecified atom stereocenters. The third kappa shape index (κ3) is 3.99. The number of amides is 3. The minimum Gasteiger partial charge on any atom is -0.334 e. The molecule has 1 aromatic rings. The predicted octanol–water partition coefficient (Wildman–Crippen LogP) is 1.76. The second kappa shape index (κ2) is 7.88. The number of carbonyl (C=O) groups excluding carboxylic acids is 3. The van der Waals surface area contributed by atoms with E-state index >= 15 is 0 Å². The molecule has 0 spiro atoms. The molecular formula is C20H26N6O3. The first-order valence-electron chi connectivity index (χ1n) is 10.3. The molecule has 154 valence electrons. The van der Waals surface area contributed by atoms with E-state index in [1.54, 1.807) is 17.9 Å². The molecule has 3 heterocycles. The Morgan fingerprint density at radius 1 is 1.14 bits per heavy atom. The largest absolute Gasteiger partial charge is 0.334 e. The lowest BCUT2D eigenvalue weighted by molar-refractivity contribution is -0.144. The van der Waals surface area contributed by atoms with Gasteiger partial charge in [0.15, 0.2) is 0 Å². The molecule has 9 heteroatoms. The number of aliphatic imine (C=N–C) groups is 2. The number of aryl methyl sites for hydroxylation is 1. The van der Waals surface area contributed by atoms with Gasteiger partial charge in [0.25, 0.3) is 11.9 Å². The van der Waals surface area contributed by atoms with E-state index in [2.05, 4.69) is 27.3 Å². The van der Waals surface area contributed by atoms with Gasteiger partial charge in [-0.15, -0.1) is 0 Å². The molecule has 1 saturated carbocycles. The van der Waals surface area contributed by atoms with Crippen LogP contribution in [-0.2, 0) is 14.4 Å².